The topological polar surface area (TPSA) is 0 Å². The molecule has 0 amide bonds. The maximum atomic E-state index is 2.37. The summed E-state index contributed by atoms with van der Waals surface area (Å²) >= 11 is 1.08. The van der Waals surface area contributed by atoms with Gasteiger partial charge in [0.25, 0.3) is 0 Å². The average Bonchev–Trinajstić information content (AvgIpc) is 3.79. The second-order valence-electron chi connectivity index (χ2n) is 18.8. The summed E-state index contributed by atoms with van der Waals surface area (Å²) in [5.74, 6) is 0. The standard InChI is InChI=1S/C21H25.C19H25.C13H10.Hf/c1-20(2,3)16-7-9-18-14(12-16)11-15-13-17(21(4,5)6)8-10-19(15)18;1-18(2,3)16-11-15(14-9-7-8-10-14)12-17(13-16)19(4,5)6;1-3-7-12(8-4-1)11-13-9-5-2-6-10-13;/h7-13H,1-6H3;7-13H,1-6H3;1-10H;/q2*-1;;+2. The van der Waals surface area contributed by atoms with Gasteiger partial charge in [-0.1, -0.05) is 153 Å². The molecule has 0 bridgehead atoms. The van der Waals surface area contributed by atoms with Gasteiger partial charge >= 0.3 is 98.9 Å². The zero-order valence-electron chi connectivity index (χ0n) is 34.9. The summed E-state index contributed by atoms with van der Waals surface area (Å²) in [6, 6.07) is 53.0. The molecule has 7 rings (SSSR count). The van der Waals surface area contributed by atoms with Gasteiger partial charge in [-0.3, -0.25) is 0 Å². The van der Waals surface area contributed by atoms with Gasteiger partial charge < -0.3 is 0 Å². The number of hydrogen-bond acceptors (Lipinski definition) is 0. The Bertz CT molecular complexity index is 2140. The fourth-order valence-corrected chi connectivity index (χ4v) is 7.76. The summed E-state index contributed by atoms with van der Waals surface area (Å²) < 4.78 is 1.46. The Kier molecular flexibility index (Phi) is 12.5. The summed E-state index contributed by atoms with van der Waals surface area (Å²) in [6.07, 6.45) is 0. The van der Waals surface area contributed by atoms with Gasteiger partial charge in [0.05, 0.1) is 0 Å². The van der Waals surface area contributed by atoms with E-state index < -0.39 is 0 Å². The minimum atomic E-state index is 0.183. The van der Waals surface area contributed by atoms with Gasteiger partial charge in [0.15, 0.2) is 0 Å². The SMILES string of the molecule is CC(C)(C)c1cc(-c2ccc[cH-]2)cc(C(C)(C)C)c1.CC(C)(C)c1ccc2c(c1)[cH-]c1cc(C(C)(C)C)ccc12.[Hf+2]=[C](c1ccccc1)c1ccccc1. The molecule has 0 aromatic heterocycles. The molecule has 0 saturated carbocycles. The van der Waals surface area contributed by atoms with Crippen molar-refractivity contribution >= 4 is 24.8 Å². The Morgan fingerprint density at radius 3 is 1.19 bits per heavy atom. The number of fused-ring (bicyclic) bond motifs is 3. The predicted octanol–water partition coefficient (Wildman–Crippen LogP) is 14.8. The number of benzene rings is 5. The summed E-state index contributed by atoms with van der Waals surface area (Å²) in [4.78, 5) is 0. The molecule has 0 aliphatic carbocycles. The molecule has 0 aliphatic rings. The number of rotatable bonds is 3. The Hall–Kier alpha value is -3.94. The normalized spacial score (nSPS) is 12.2. The molecule has 1 heteroatoms. The van der Waals surface area contributed by atoms with Crippen LogP contribution in [-0.2, 0) is 45.6 Å². The van der Waals surface area contributed by atoms with E-state index in [0.29, 0.717) is 0 Å². The third-order valence-electron chi connectivity index (χ3n) is 10.2. The van der Waals surface area contributed by atoms with E-state index in [1.807, 2.05) is 0 Å². The minimum absolute atomic E-state index is 0.183. The van der Waals surface area contributed by atoms with Gasteiger partial charge in [0.1, 0.15) is 0 Å². The molecule has 0 atom stereocenters. The molecule has 276 valence electrons. The van der Waals surface area contributed by atoms with Crippen molar-refractivity contribution in [1.29, 1.82) is 0 Å². The average molecular weight is 876 g/mol. The summed E-state index contributed by atoms with van der Waals surface area (Å²) in [5, 5.41) is 5.48. The van der Waals surface area contributed by atoms with Crippen molar-refractivity contribution in [2.75, 3.05) is 0 Å². The van der Waals surface area contributed by atoms with Crippen molar-refractivity contribution in [3.63, 3.8) is 0 Å². The number of hydrogen-bond donors (Lipinski definition) is 0. The molecule has 7 aromatic rings. The van der Waals surface area contributed by atoms with Gasteiger partial charge in [-0.2, -0.15) is 23.8 Å². The van der Waals surface area contributed by atoms with Crippen LogP contribution in [0.25, 0.3) is 32.7 Å². The summed E-state index contributed by atoms with van der Waals surface area (Å²) in [5.41, 5.74) is 11.8. The van der Waals surface area contributed by atoms with Crippen molar-refractivity contribution in [2.45, 2.75) is 105 Å². The molecule has 0 nitrogen and oxygen atoms in total. The van der Waals surface area contributed by atoms with Crippen LogP contribution in [0.15, 0.2) is 146 Å². The Balaban J connectivity index is 0.000000159. The van der Waals surface area contributed by atoms with E-state index in [-0.39, 0.29) is 21.7 Å². The van der Waals surface area contributed by atoms with Crippen LogP contribution >= 0.6 is 0 Å². The zero-order chi connectivity index (χ0) is 39.5. The van der Waals surface area contributed by atoms with E-state index in [4.69, 9.17) is 0 Å². The van der Waals surface area contributed by atoms with E-state index in [9.17, 15) is 0 Å². The zero-order valence-corrected chi connectivity index (χ0v) is 38.4. The molecule has 0 unspecified atom stereocenters. The fourth-order valence-electron chi connectivity index (χ4n) is 6.56. The van der Waals surface area contributed by atoms with Gasteiger partial charge in [-0.15, -0.1) is 45.8 Å². The van der Waals surface area contributed by atoms with Crippen molar-refractivity contribution in [3.05, 3.63) is 179 Å². The second kappa shape index (κ2) is 16.4. The molecular weight excluding hydrogens is 815 g/mol. The summed E-state index contributed by atoms with van der Waals surface area (Å²) in [7, 11) is 0. The van der Waals surface area contributed by atoms with E-state index in [1.165, 1.54) is 69.3 Å². The first kappa shape index (κ1) is 41.2. The fraction of sp³-hybridized carbons (Fsp3) is 0.302. The first-order chi connectivity index (χ1) is 25.2. The van der Waals surface area contributed by atoms with Crippen LogP contribution in [0.3, 0.4) is 0 Å². The third-order valence-corrected chi connectivity index (χ3v) is 12.3. The van der Waals surface area contributed by atoms with E-state index in [0.717, 1.165) is 23.9 Å². The molecule has 0 spiro atoms. The van der Waals surface area contributed by atoms with Gasteiger partial charge in [-0.05, 0) is 21.7 Å². The van der Waals surface area contributed by atoms with Crippen LogP contribution in [0.4, 0.5) is 0 Å². The quantitative estimate of drug-likeness (QED) is 0.123. The monoisotopic (exact) mass is 876 g/mol. The van der Waals surface area contributed by atoms with Crippen molar-refractivity contribution < 1.29 is 23.9 Å². The predicted molar refractivity (Wildman–Crippen MR) is 235 cm³/mol. The Morgan fingerprint density at radius 1 is 0.426 bits per heavy atom. The molecule has 0 N–H and O–H groups in total. The van der Waals surface area contributed by atoms with Crippen molar-refractivity contribution in [1.82, 2.24) is 0 Å². The molecule has 7 aromatic carbocycles. The Morgan fingerprint density at radius 2 is 0.833 bits per heavy atom. The van der Waals surface area contributed by atoms with E-state index in [1.54, 1.807) is 0 Å². The van der Waals surface area contributed by atoms with Crippen molar-refractivity contribution in [3.8, 4) is 11.1 Å². The molecule has 0 heterocycles. The van der Waals surface area contributed by atoms with Gasteiger partial charge in [-0.25, -0.2) is 0 Å². The van der Waals surface area contributed by atoms with Crippen LogP contribution in [0.2, 0.25) is 0 Å². The van der Waals surface area contributed by atoms with Crippen molar-refractivity contribution in [2.24, 2.45) is 0 Å². The molecule has 0 saturated heterocycles. The molecular formula is C53H60Hf. The maximum absolute atomic E-state index is 2.37. The van der Waals surface area contributed by atoms with E-state index in [2.05, 4.69) is 229 Å². The van der Waals surface area contributed by atoms with E-state index >= 15 is 0 Å². The summed E-state index contributed by atoms with van der Waals surface area (Å²) in [6.45, 7) is 27.3. The van der Waals surface area contributed by atoms with Crippen LogP contribution in [-0.4, -0.2) is 3.26 Å². The van der Waals surface area contributed by atoms with Crippen LogP contribution in [0, 0.1) is 0 Å². The van der Waals surface area contributed by atoms with Gasteiger partial charge in [0, 0.05) is 0 Å². The van der Waals surface area contributed by atoms with Crippen LogP contribution in [0.1, 0.15) is 116 Å². The molecule has 0 fully saturated rings. The van der Waals surface area contributed by atoms with Crippen LogP contribution in [0.5, 0.6) is 0 Å². The first-order valence-electron chi connectivity index (χ1n) is 19.4. The molecule has 54 heavy (non-hydrogen) atoms. The Labute approximate surface area is 341 Å². The molecule has 0 aliphatic heterocycles. The van der Waals surface area contributed by atoms with Gasteiger partial charge in [0.2, 0.25) is 0 Å². The third kappa shape index (κ3) is 10.4. The second-order valence-corrected chi connectivity index (χ2v) is 20.6. The first-order valence-corrected chi connectivity index (χ1v) is 21.2. The molecule has 0 radical (unpaired) electrons. The van der Waals surface area contributed by atoms with Crippen LogP contribution < -0.4 is 0 Å².